The van der Waals surface area contributed by atoms with E-state index in [2.05, 4.69) is 10.2 Å². The summed E-state index contributed by atoms with van der Waals surface area (Å²) in [6, 6.07) is 7.04. The van der Waals surface area contributed by atoms with E-state index in [4.69, 9.17) is 9.84 Å². The van der Waals surface area contributed by atoms with Gasteiger partial charge in [0.25, 0.3) is 11.5 Å². The Morgan fingerprint density at radius 1 is 1.06 bits per heavy atom. The van der Waals surface area contributed by atoms with E-state index < -0.39 is 11.8 Å². The van der Waals surface area contributed by atoms with Crippen molar-refractivity contribution in [3.05, 3.63) is 78.8 Å². The van der Waals surface area contributed by atoms with Gasteiger partial charge in [-0.1, -0.05) is 0 Å². The van der Waals surface area contributed by atoms with Crippen molar-refractivity contribution >= 4 is 40.4 Å². The fraction of sp³-hybridized carbons (Fsp3) is 0.429. The van der Waals surface area contributed by atoms with Crippen LogP contribution in [0.5, 0.6) is 0 Å². The molecule has 8 rings (SSSR count). The highest BCUT2D eigenvalue weighted by molar-refractivity contribution is 7.14. The summed E-state index contributed by atoms with van der Waals surface area (Å²) >= 11 is 1.57. The maximum atomic E-state index is 15.6. The van der Waals surface area contributed by atoms with Gasteiger partial charge in [-0.05, 0) is 79.8 Å². The quantitative estimate of drug-likeness (QED) is 0.269. The zero-order valence-corrected chi connectivity index (χ0v) is 27.4. The molecule has 1 N–H and O–H groups in total. The van der Waals surface area contributed by atoms with Gasteiger partial charge in [0.2, 0.25) is 0 Å². The van der Waals surface area contributed by atoms with Gasteiger partial charge in [0.15, 0.2) is 5.82 Å². The second kappa shape index (κ2) is 11.7. The number of amides is 1. The van der Waals surface area contributed by atoms with Crippen LogP contribution in [0.3, 0.4) is 0 Å². The van der Waals surface area contributed by atoms with E-state index in [0.29, 0.717) is 47.2 Å². The number of ether oxygens (including phenoxy) is 1. The number of carbonyl (C=O) groups excluding carboxylic acids is 2. The van der Waals surface area contributed by atoms with Crippen molar-refractivity contribution in [3.63, 3.8) is 0 Å². The highest BCUT2D eigenvalue weighted by atomic mass is 32.1. The van der Waals surface area contributed by atoms with Crippen LogP contribution < -0.4 is 15.8 Å². The van der Waals surface area contributed by atoms with Crippen molar-refractivity contribution < 1.29 is 18.7 Å². The Labute approximate surface area is 275 Å². The fourth-order valence-corrected chi connectivity index (χ4v) is 8.77. The van der Waals surface area contributed by atoms with Crippen LogP contribution in [-0.4, -0.2) is 50.3 Å². The maximum Gasteiger partial charge on any atom is 0.302 e. The molecule has 5 heterocycles. The Balaban J connectivity index is 1.17. The van der Waals surface area contributed by atoms with Crippen molar-refractivity contribution in [2.24, 2.45) is 7.05 Å². The molecule has 0 bridgehead atoms. The Hall–Kier alpha value is -4.29. The number of nitrogens with one attached hydrogen (secondary N) is 1. The Kier molecular flexibility index (Phi) is 7.52. The van der Waals surface area contributed by atoms with E-state index in [1.165, 1.54) is 46.9 Å². The lowest BCUT2D eigenvalue weighted by molar-refractivity contribution is -0.142. The third-order valence-electron chi connectivity index (χ3n) is 9.86. The first-order valence-corrected chi connectivity index (χ1v) is 17.2. The molecule has 244 valence electrons. The van der Waals surface area contributed by atoms with Gasteiger partial charge in [-0.25, -0.2) is 4.39 Å². The number of hydrogen-bond acceptors (Lipinski definition) is 8. The highest BCUT2D eigenvalue weighted by Gasteiger charge is 2.34. The zero-order valence-electron chi connectivity index (χ0n) is 26.6. The third-order valence-corrected chi connectivity index (χ3v) is 11.2. The second-order valence-corrected chi connectivity index (χ2v) is 14.2. The molecular formula is C35H37FN6O4S. The number of benzene rings is 1. The summed E-state index contributed by atoms with van der Waals surface area (Å²) in [5, 5.41) is 7.93. The first-order valence-electron chi connectivity index (χ1n) is 16.4. The summed E-state index contributed by atoms with van der Waals surface area (Å²) in [5.74, 6) is -0.606. The summed E-state index contributed by atoms with van der Waals surface area (Å²) in [6.07, 6.45) is 9.06. The van der Waals surface area contributed by atoms with E-state index >= 15 is 4.39 Å². The third kappa shape index (κ3) is 5.57. The molecular weight excluding hydrogens is 619 g/mol. The summed E-state index contributed by atoms with van der Waals surface area (Å²) in [7, 11) is 1.64. The average molecular weight is 657 g/mol. The Morgan fingerprint density at radius 2 is 1.89 bits per heavy atom. The predicted octanol–water partition coefficient (Wildman–Crippen LogP) is 5.32. The number of aryl methyl sites for hydroxylation is 2. The Bertz CT molecular complexity index is 1990. The summed E-state index contributed by atoms with van der Waals surface area (Å²) in [5.41, 5.74) is 5.43. The zero-order chi connectivity index (χ0) is 32.4. The van der Waals surface area contributed by atoms with Crippen LogP contribution in [-0.2, 0) is 55.5 Å². The van der Waals surface area contributed by atoms with Crippen LogP contribution >= 0.6 is 11.3 Å². The summed E-state index contributed by atoms with van der Waals surface area (Å²) < 4.78 is 24.5. The van der Waals surface area contributed by atoms with Crippen molar-refractivity contribution in [1.82, 2.24) is 19.2 Å². The van der Waals surface area contributed by atoms with Gasteiger partial charge in [-0.2, -0.15) is 5.10 Å². The van der Waals surface area contributed by atoms with Gasteiger partial charge in [-0.15, -0.1) is 11.3 Å². The van der Waals surface area contributed by atoms with Crippen LogP contribution in [0.2, 0.25) is 0 Å². The van der Waals surface area contributed by atoms with Gasteiger partial charge < -0.3 is 19.5 Å². The molecule has 1 aromatic carbocycles. The van der Waals surface area contributed by atoms with Gasteiger partial charge >= 0.3 is 5.97 Å². The number of esters is 1. The van der Waals surface area contributed by atoms with Gasteiger partial charge in [0, 0.05) is 67.9 Å². The molecule has 2 aliphatic carbocycles. The first kappa shape index (κ1) is 30.1. The monoisotopic (exact) mass is 656 g/mol. The molecule has 0 saturated heterocycles. The van der Waals surface area contributed by atoms with Crippen molar-refractivity contribution in [2.45, 2.75) is 77.6 Å². The van der Waals surface area contributed by atoms with E-state index in [9.17, 15) is 14.4 Å². The first-order chi connectivity index (χ1) is 22.7. The average Bonchev–Trinajstić information content (AvgIpc) is 3.72. The number of rotatable bonds is 7. The van der Waals surface area contributed by atoms with Gasteiger partial charge in [0.1, 0.15) is 18.1 Å². The lowest BCUT2D eigenvalue weighted by Crippen LogP contribution is -2.38. The minimum Gasteiger partial charge on any atom is -0.461 e. The second-order valence-electron chi connectivity index (χ2n) is 13.1. The molecule has 47 heavy (non-hydrogen) atoms. The van der Waals surface area contributed by atoms with Crippen LogP contribution in [0.15, 0.2) is 35.3 Å². The lowest BCUT2D eigenvalue weighted by Gasteiger charge is -2.30. The van der Waals surface area contributed by atoms with Crippen molar-refractivity contribution in [2.75, 3.05) is 23.3 Å². The number of thiophene rings is 1. The van der Waals surface area contributed by atoms with E-state index in [1.807, 2.05) is 10.7 Å². The molecule has 10 nitrogen and oxygen atoms in total. The molecule has 4 aromatic rings. The largest absolute Gasteiger partial charge is 0.461 e. The SMILES string of the molecule is CC(=O)OCc1c(-c2cc(Nc3cc4n(n3)CCN(C3CC3)C4)c(=O)n(C)c2)cc(F)cc1N1CCc2c(sc3c2CCCC3)C1=O. The molecule has 4 aliphatic rings. The van der Waals surface area contributed by atoms with Crippen LogP contribution in [0.1, 0.15) is 69.5 Å². The number of hydrogen-bond donors (Lipinski definition) is 1. The van der Waals surface area contributed by atoms with Gasteiger partial charge in [-0.3, -0.25) is 24.0 Å². The molecule has 12 heteroatoms. The molecule has 0 spiro atoms. The molecule has 1 amide bonds. The predicted molar refractivity (Wildman–Crippen MR) is 178 cm³/mol. The van der Waals surface area contributed by atoms with Crippen LogP contribution in [0.25, 0.3) is 11.1 Å². The van der Waals surface area contributed by atoms with Crippen LogP contribution in [0, 0.1) is 5.82 Å². The fourth-order valence-electron chi connectivity index (χ4n) is 7.38. The van der Waals surface area contributed by atoms with E-state index in [1.54, 1.807) is 35.5 Å². The summed E-state index contributed by atoms with van der Waals surface area (Å²) in [4.78, 5) is 45.5. The van der Waals surface area contributed by atoms with E-state index in [0.717, 1.165) is 61.5 Å². The number of halogens is 1. The smallest absolute Gasteiger partial charge is 0.302 e. The van der Waals surface area contributed by atoms with E-state index in [-0.39, 0.29) is 23.8 Å². The van der Waals surface area contributed by atoms with Crippen molar-refractivity contribution in [1.29, 1.82) is 0 Å². The summed E-state index contributed by atoms with van der Waals surface area (Å²) in [6.45, 7) is 4.14. The normalized spacial score (nSPS) is 17.7. The standard InChI is InChI=1S/C35H37FN6O4S/c1-20(43)46-19-28-27(14-22(36)15-30(28)41-10-9-26-25-5-3-4-6-31(25)47-33(26)35(41)45)21-13-29(34(44)39(2)17-21)37-32-16-24-18-40(23-7-8-23)11-12-42(24)38-32/h13-17,23H,3-12,18-19H2,1-2H3,(H,37,38). The van der Waals surface area contributed by atoms with Crippen LogP contribution in [0.4, 0.5) is 21.6 Å². The lowest BCUT2D eigenvalue weighted by atomic mass is 9.91. The number of anilines is 3. The number of aromatic nitrogens is 3. The molecule has 1 saturated carbocycles. The molecule has 3 aromatic heterocycles. The molecule has 2 aliphatic heterocycles. The number of nitrogens with zero attached hydrogens (tertiary/aromatic N) is 5. The molecule has 1 fully saturated rings. The number of carbonyl (C=O) groups is 2. The molecule has 0 radical (unpaired) electrons. The highest BCUT2D eigenvalue weighted by Crippen LogP contribution is 2.41. The Morgan fingerprint density at radius 3 is 2.70 bits per heavy atom. The van der Waals surface area contributed by atoms with Crippen molar-refractivity contribution in [3.8, 4) is 11.1 Å². The molecule has 0 atom stereocenters. The van der Waals surface area contributed by atoms with Gasteiger partial charge in [0.05, 0.1) is 22.8 Å². The topological polar surface area (TPSA) is 102 Å². The minimum atomic E-state index is -0.531. The maximum absolute atomic E-state index is 15.6. The number of pyridine rings is 1. The number of fused-ring (bicyclic) bond motifs is 4. The molecule has 0 unspecified atom stereocenters. The minimum absolute atomic E-state index is 0.155.